The highest BCUT2D eigenvalue weighted by Crippen LogP contribution is 1.83. The van der Waals surface area contributed by atoms with Gasteiger partial charge in [-0.15, -0.1) is 0 Å². The SMILES string of the molecule is CCC[n+]1ccn(CCN)c1.NCC(=O)[O-]. The molecular formula is C10H20N4O2. The van der Waals surface area contributed by atoms with Crippen LogP contribution in [0.1, 0.15) is 13.3 Å². The molecule has 92 valence electrons. The molecule has 1 aromatic heterocycles. The highest BCUT2D eigenvalue weighted by Gasteiger charge is 1.99. The lowest BCUT2D eigenvalue weighted by atomic mass is 10.5. The van der Waals surface area contributed by atoms with Crippen molar-refractivity contribution in [2.75, 3.05) is 13.1 Å². The van der Waals surface area contributed by atoms with Gasteiger partial charge >= 0.3 is 0 Å². The molecule has 0 radical (unpaired) electrons. The van der Waals surface area contributed by atoms with E-state index in [1.165, 1.54) is 6.42 Å². The van der Waals surface area contributed by atoms with Gasteiger partial charge in [0.25, 0.3) is 0 Å². The average molecular weight is 228 g/mol. The van der Waals surface area contributed by atoms with Crippen LogP contribution >= 0.6 is 0 Å². The summed E-state index contributed by atoms with van der Waals surface area (Å²) in [5, 5.41) is 9.13. The second-order valence-corrected chi connectivity index (χ2v) is 3.25. The van der Waals surface area contributed by atoms with E-state index in [4.69, 9.17) is 15.6 Å². The molecule has 16 heavy (non-hydrogen) atoms. The van der Waals surface area contributed by atoms with E-state index < -0.39 is 5.97 Å². The number of hydrogen-bond donors (Lipinski definition) is 2. The first-order chi connectivity index (χ1) is 7.63. The number of hydrogen-bond acceptors (Lipinski definition) is 4. The number of carboxylic acid groups (broad SMARTS) is 1. The Labute approximate surface area is 95.5 Å². The molecule has 0 atom stereocenters. The number of nitrogens with two attached hydrogens (primary N) is 2. The van der Waals surface area contributed by atoms with Crippen molar-refractivity contribution in [3.05, 3.63) is 18.7 Å². The van der Waals surface area contributed by atoms with Gasteiger partial charge < -0.3 is 21.4 Å². The first-order valence-electron chi connectivity index (χ1n) is 5.28. The Hall–Kier alpha value is -1.40. The second kappa shape index (κ2) is 8.87. The molecule has 4 N–H and O–H groups in total. The van der Waals surface area contributed by atoms with E-state index in [9.17, 15) is 0 Å². The van der Waals surface area contributed by atoms with Gasteiger partial charge in [-0.2, -0.15) is 0 Å². The van der Waals surface area contributed by atoms with Gasteiger partial charge in [0, 0.05) is 13.1 Å². The van der Waals surface area contributed by atoms with Crippen LogP contribution in [0.5, 0.6) is 0 Å². The summed E-state index contributed by atoms with van der Waals surface area (Å²) in [6.07, 6.45) is 7.41. The third-order valence-corrected chi connectivity index (χ3v) is 1.78. The van der Waals surface area contributed by atoms with Crippen molar-refractivity contribution >= 4 is 5.97 Å². The first-order valence-corrected chi connectivity index (χ1v) is 5.28. The van der Waals surface area contributed by atoms with Gasteiger partial charge in [-0.25, -0.2) is 9.13 Å². The van der Waals surface area contributed by atoms with E-state index in [1.807, 2.05) is 0 Å². The van der Waals surface area contributed by atoms with Crippen LogP contribution in [-0.4, -0.2) is 23.6 Å². The van der Waals surface area contributed by atoms with Gasteiger partial charge in [-0.05, 0) is 6.42 Å². The number of rotatable bonds is 5. The number of carbonyl (C=O) groups is 1. The Morgan fingerprint density at radius 1 is 1.50 bits per heavy atom. The Morgan fingerprint density at radius 2 is 2.12 bits per heavy atom. The van der Waals surface area contributed by atoms with E-state index in [-0.39, 0.29) is 6.54 Å². The summed E-state index contributed by atoms with van der Waals surface area (Å²) < 4.78 is 4.28. The summed E-state index contributed by atoms with van der Waals surface area (Å²) in [6.45, 7) is 4.50. The molecule has 1 rings (SSSR count). The largest absolute Gasteiger partial charge is 0.549 e. The maximum absolute atomic E-state index is 9.13. The Kier molecular flexibility index (Phi) is 8.10. The number of carbonyl (C=O) groups excluding carboxylic acids is 1. The summed E-state index contributed by atoms with van der Waals surface area (Å²) in [4.78, 5) is 9.13. The topological polar surface area (TPSA) is 101 Å². The normalized spacial score (nSPS) is 9.44. The van der Waals surface area contributed by atoms with Crippen LogP contribution in [-0.2, 0) is 17.9 Å². The third kappa shape index (κ3) is 6.97. The van der Waals surface area contributed by atoms with Crippen molar-refractivity contribution in [2.45, 2.75) is 26.4 Å². The lowest BCUT2D eigenvalue weighted by molar-refractivity contribution is -0.696. The van der Waals surface area contributed by atoms with E-state index in [0.29, 0.717) is 6.54 Å². The van der Waals surface area contributed by atoms with Crippen molar-refractivity contribution in [2.24, 2.45) is 11.5 Å². The van der Waals surface area contributed by atoms with Crippen molar-refractivity contribution in [3.63, 3.8) is 0 Å². The van der Waals surface area contributed by atoms with E-state index in [2.05, 4.69) is 40.5 Å². The van der Waals surface area contributed by atoms with Crippen molar-refractivity contribution < 1.29 is 14.5 Å². The van der Waals surface area contributed by atoms with Crippen molar-refractivity contribution in [3.8, 4) is 0 Å². The molecule has 0 aliphatic heterocycles. The maximum Gasteiger partial charge on any atom is 0.243 e. The highest BCUT2D eigenvalue weighted by atomic mass is 16.4. The zero-order valence-electron chi connectivity index (χ0n) is 9.63. The number of nitrogens with zero attached hydrogens (tertiary/aromatic N) is 2. The number of aryl methyl sites for hydroxylation is 1. The summed E-state index contributed by atoms with van der Waals surface area (Å²) >= 11 is 0. The highest BCUT2D eigenvalue weighted by molar-refractivity contribution is 5.66. The van der Waals surface area contributed by atoms with Crippen LogP contribution in [0.15, 0.2) is 18.7 Å². The van der Waals surface area contributed by atoms with Gasteiger partial charge in [0.05, 0.1) is 12.5 Å². The van der Waals surface area contributed by atoms with Crippen LogP contribution in [0.2, 0.25) is 0 Å². The average Bonchev–Trinajstić information content (AvgIpc) is 2.68. The lowest BCUT2D eigenvalue weighted by Crippen LogP contribution is -2.30. The van der Waals surface area contributed by atoms with E-state index in [0.717, 1.165) is 13.1 Å². The minimum Gasteiger partial charge on any atom is -0.549 e. The molecule has 0 unspecified atom stereocenters. The maximum atomic E-state index is 9.13. The second-order valence-electron chi connectivity index (χ2n) is 3.25. The fourth-order valence-electron chi connectivity index (χ4n) is 1.11. The molecule has 6 heteroatoms. The molecule has 1 aromatic rings. The molecule has 0 spiro atoms. The fraction of sp³-hybridized carbons (Fsp3) is 0.600. The first kappa shape index (κ1) is 14.6. The molecule has 0 saturated carbocycles. The molecule has 0 saturated heterocycles. The fourth-order valence-corrected chi connectivity index (χ4v) is 1.11. The molecular weight excluding hydrogens is 208 g/mol. The summed E-state index contributed by atoms with van der Waals surface area (Å²) in [5.41, 5.74) is 9.92. The molecule has 0 aliphatic carbocycles. The molecule has 0 fully saturated rings. The Morgan fingerprint density at radius 3 is 2.56 bits per heavy atom. The quantitative estimate of drug-likeness (QED) is 0.560. The van der Waals surface area contributed by atoms with E-state index in [1.54, 1.807) is 0 Å². The molecule has 1 heterocycles. The summed E-state index contributed by atoms with van der Waals surface area (Å²) in [5.74, 6) is -1.22. The van der Waals surface area contributed by atoms with Crippen molar-refractivity contribution in [1.82, 2.24) is 4.57 Å². The zero-order valence-corrected chi connectivity index (χ0v) is 9.63. The number of carboxylic acids is 1. The Balaban J connectivity index is 0.000000385. The summed E-state index contributed by atoms with van der Waals surface area (Å²) in [7, 11) is 0. The van der Waals surface area contributed by atoms with Gasteiger partial charge in [0.15, 0.2) is 0 Å². The van der Waals surface area contributed by atoms with Gasteiger partial charge in [-0.1, -0.05) is 6.92 Å². The molecule has 0 aromatic carbocycles. The zero-order chi connectivity index (χ0) is 12.4. The molecule has 0 amide bonds. The number of aliphatic carboxylic acids is 1. The van der Waals surface area contributed by atoms with Crippen LogP contribution in [0, 0.1) is 0 Å². The monoisotopic (exact) mass is 228 g/mol. The smallest absolute Gasteiger partial charge is 0.243 e. The van der Waals surface area contributed by atoms with E-state index >= 15 is 0 Å². The minimum atomic E-state index is -1.22. The minimum absolute atomic E-state index is 0.389. The van der Waals surface area contributed by atoms with Gasteiger partial charge in [0.1, 0.15) is 18.9 Å². The predicted octanol–water partition coefficient (Wildman–Crippen LogP) is -2.16. The van der Waals surface area contributed by atoms with Crippen molar-refractivity contribution in [1.29, 1.82) is 0 Å². The summed E-state index contributed by atoms with van der Waals surface area (Å²) in [6, 6.07) is 0. The Bertz CT molecular complexity index is 278. The molecule has 6 nitrogen and oxygen atoms in total. The standard InChI is InChI=1S/C8H16N3.C2H5NO2/c1-2-4-10-6-7-11(8-10)5-3-9;3-1-2(4)5/h6-8H,2-5,9H2,1H3;1,3H2,(H,4,5)/q+1;/p-1. The molecule has 0 bridgehead atoms. The lowest BCUT2D eigenvalue weighted by Gasteiger charge is -1.90. The van der Waals surface area contributed by atoms with Crippen LogP contribution < -0.4 is 21.1 Å². The van der Waals surface area contributed by atoms with Crippen LogP contribution in [0.4, 0.5) is 0 Å². The predicted molar refractivity (Wildman–Crippen MR) is 58.0 cm³/mol. The van der Waals surface area contributed by atoms with Crippen LogP contribution in [0.25, 0.3) is 0 Å². The third-order valence-electron chi connectivity index (χ3n) is 1.78. The number of imidazole rings is 1. The molecule has 0 aliphatic rings. The van der Waals surface area contributed by atoms with Crippen LogP contribution in [0.3, 0.4) is 0 Å². The number of aromatic nitrogens is 2. The van der Waals surface area contributed by atoms with Gasteiger partial charge in [-0.3, -0.25) is 0 Å². The van der Waals surface area contributed by atoms with Gasteiger partial charge in [0.2, 0.25) is 6.33 Å².